The van der Waals surface area contributed by atoms with Gasteiger partial charge in [-0.15, -0.1) is 0 Å². The molecule has 0 heterocycles. The summed E-state index contributed by atoms with van der Waals surface area (Å²) in [6, 6.07) is 33.3. The van der Waals surface area contributed by atoms with E-state index in [1.807, 2.05) is 91.0 Å². The van der Waals surface area contributed by atoms with Gasteiger partial charge in [-0.2, -0.15) is 0 Å². The van der Waals surface area contributed by atoms with Gasteiger partial charge in [-0.1, -0.05) is 97.1 Å². The number of nitro groups is 1. The second kappa shape index (κ2) is 9.46. The minimum atomic E-state index is -1.35. The molecule has 0 aliphatic carbocycles. The smallest absolute Gasteiger partial charge is 0.342 e. The molecule has 0 atom stereocenters. The Hall–Kier alpha value is -4.29. The Kier molecular flexibility index (Phi) is 6.29. The Morgan fingerprint density at radius 1 is 0.788 bits per heavy atom. The summed E-state index contributed by atoms with van der Waals surface area (Å²) in [7, 11) is 0. The molecule has 0 aromatic heterocycles. The molecule has 0 aliphatic rings. The summed E-state index contributed by atoms with van der Waals surface area (Å²) in [6.07, 6.45) is 0. The van der Waals surface area contributed by atoms with Crippen molar-refractivity contribution in [1.29, 1.82) is 0 Å². The van der Waals surface area contributed by atoms with Gasteiger partial charge in [-0.25, -0.2) is 4.79 Å². The maximum absolute atomic E-state index is 11.4. The summed E-state index contributed by atoms with van der Waals surface area (Å²) < 4.78 is 6.64. The van der Waals surface area contributed by atoms with Crippen molar-refractivity contribution in [2.45, 2.75) is 12.2 Å². The van der Waals surface area contributed by atoms with E-state index in [1.54, 1.807) is 6.07 Å². The lowest BCUT2D eigenvalue weighted by molar-refractivity contribution is -0.385. The zero-order valence-corrected chi connectivity index (χ0v) is 17.6. The molecular weight excluding hydrogens is 418 g/mol. The maximum atomic E-state index is 11.4. The van der Waals surface area contributed by atoms with E-state index in [1.165, 1.54) is 12.1 Å². The van der Waals surface area contributed by atoms with Crippen LogP contribution in [0.3, 0.4) is 0 Å². The van der Waals surface area contributed by atoms with Gasteiger partial charge in [0.25, 0.3) is 5.69 Å². The predicted molar refractivity (Wildman–Crippen MR) is 124 cm³/mol. The number of hydrogen-bond acceptors (Lipinski definition) is 4. The van der Waals surface area contributed by atoms with Crippen LogP contribution >= 0.6 is 0 Å². The number of nitrogens with zero attached hydrogens (tertiary/aromatic N) is 1. The van der Waals surface area contributed by atoms with Gasteiger partial charge in [0, 0.05) is 6.07 Å². The molecule has 164 valence electrons. The Balaban J connectivity index is 1.84. The lowest BCUT2D eigenvalue weighted by Gasteiger charge is -2.36. The van der Waals surface area contributed by atoms with Crippen molar-refractivity contribution in [3.63, 3.8) is 0 Å². The number of aromatic carboxylic acids is 1. The van der Waals surface area contributed by atoms with Crippen molar-refractivity contribution in [3.05, 3.63) is 147 Å². The second-order valence-electron chi connectivity index (χ2n) is 7.48. The molecule has 0 radical (unpaired) electrons. The number of carboxylic acid groups (broad SMARTS) is 1. The first-order chi connectivity index (χ1) is 16.0. The minimum absolute atomic E-state index is 0.0272. The van der Waals surface area contributed by atoms with Crippen molar-refractivity contribution in [1.82, 2.24) is 0 Å². The van der Waals surface area contributed by atoms with Crippen LogP contribution in [0.4, 0.5) is 5.69 Å². The summed E-state index contributed by atoms with van der Waals surface area (Å²) in [6.45, 7) is 0.0272. The molecule has 6 nitrogen and oxygen atoms in total. The van der Waals surface area contributed by atoms with Crippen LogP contribution in [0.5, 0.6) is 0 Å². The Morgan fingerprint density at radius 2 is 1.24 bits per heavy atom. The Bertz CT molecular complexity index is 1160. The number of benzene rings is 4. The highest BCUT2D eigenvalue weighted by molar-refractivity contribution is 5.92. The molecule has 0 fully saturated rings. The van der Waals surface area contributed by atoms with E-state index in [-0.39, 0.29) is 12.2 Å². The SMILES string of the molecule is O=C(O)c1ccc(COC(c2ccccc2)(c2ccccc2)c2ccccc2)cc1[N+](=O)[O-]. The van der Waals surface area contributed by atoms with E-state index in [9.17, 15) is 20.0 Å². The molecule has 4 aromatic carbocycles. The Morgan fingerprint density at radius 3 is 1.64 bits per heavy atom. The quantitative estimate of drug-likeness (QED) is 0.213. The first kappa shape index (κ1) is 21.9. The molecule has 4 rings (SSSR count). The number of carboxylic acids is 1. The molecule has 0 bridgehead atoms. The van der Waals surface area contributed by atoms with Gasteiger partial charge in [0.15, 0.2) is 0 Å². The molecular formula is C27H21NO5. The van der Waals surface area contributed by atoms with Crippen molar-refractivity contribution in [2.75, 3.05) is 0 Å². The zero-order valence-electron chi connectivity index (χ0n) is 17.6. The van der Waals surface area contributed by atoms with Crippen LogP contribution in [0.15, 0.2) is 109 Å². The van der Waals surface area contributed by atoms with Crippen molar-refractivity contribution < 1.29 is 19.6 Å². The van der Waals surface area contributed by atoms with Crippen LogP contribution in [0.1, 0.15) is 32.6 Å². The molecule has 0 amide bonds. The summed E-state index contributed by atoms with van der Waals surface area (Å²) in [5, 5.41) is 20.7. The molecule has 0 aliphatic heterocycles. The Labute approximate surface area is 190 Å². The molecule has 1 N–H and O–H groups in total. The average molecular weight is 439 g/mol. The van der Waals surface area contributed by atoms with Crippen LogP contribution in [0.25, 0.3) is 0 Å². The maximum Gasteiger partial charge on any atom is 0.342 e. The molecule has 0 unspecified atom stereocenters. The first-order valence-corrected chi connectivity index (χ1v) is 10.3. The van der Waals surface area contributed by atoms with Gasteiger partial charge < -0.3 is 9.84 Å². The van der Waals surface area contributed by atoms with E-state index >= 15 is 0 Å². The number of rotatable bonds is 8. The number of hydrogen-bond donors (Lipinski definition) is 1. The van der Waals surface area contributed by atoms with Gasteiger partial charge in [0.2, 0.25) is 0 Å². The summed E-state index contributed by atoms with van der Waals surface area (Å²) >= 11 is 0. The van der Waals surface area contributed by atoms with E-state index < -0.39 is 22.2 Å². The van der Waals surface area contributed by atoms with Gasteiger partial charge in [0.05, 0.1) is 11.5 Å². The zero-order chi connectivity index (χ0) is 23.3. The normalized spacial score (nSPS) is 11.2. The highest BCUT2D eigenvalue weighted by Crippen LogP contribution is 2.41. The van der Waals surface area contributed by atoms with Gasteiger partial charge in [-0.05, 0) is 28.3 Å². The molecule has 0 spiro atoms. The van der Waals surface area contributed by atoms with Crippen molar-refractivity contribution in [2.24, 2.45) is 0 Å². The third-order valence-corrected chi connectivity index (χ3v) is 5.49. The molecule has 0 saturated heterocycles. The fraction of sp³-hybridized carbons (Fsp3) is 0.0741. The van der Waals surface area contributed by atoms with Crippen LogP contribution in [0, 0.1) is 10.1 Å². The fourth-order valence-corrected chi connectivity index (χ4v) is 3.96. The van der Waals surface area contributed by atoms with Crippen LogP contribution in [0.2, 0.25) is 0 Å². The lowest BCUT2D eigenvalue weighted by atomic mass is 9.80. The topological polar surface area (TPSA) is 89.7 Å². The van der Waals surface area contributed by atoms with E-state index in [4.69, 9.17) is 4.74 Å². The van der Waals surface area contributed by atoms with Gasteiger partial charge in [0.1, 0.15) is 11.2 Å². The first-order valence-electron chi connectivity index (χ1n) is 10.3. The van der Waals surface area contributed by atoms with Gasteiger partial charge >= 0.3 is 5.97 Å². The van der Waals surface area contributed by atoms with Crippen LogP contribution in [-0.2, 0) is 16.9 Å². The van der Waals surface area contributed by atoms with Gasteiger partial charge in [-0.3, -0.25) is 10.1 Å². The highest BCUT2D eigenvalue weighted by Gasteiger charge is 2.37. The monoisotopic (exact) mass is 439 g/mol. The number of nitro benzene ring substituents is 1. The standard InChI is InChI=1S/C27H21NO5/c29-26(30)24-17-16-20(18-25(24)28(31)32)19-33-27(21-10-4-1-5-11-21,22-12-6-2-7-13-22)23-14-8-3-9-15-23/h1-18H,19H2,(H,29,30). The summed E-state index contributed by atoms with van der Waals surface area (Å²) in [4.78, 5) is 22.1. The number of carbonyl (C=O) groups is 1. The molecule has 6 heteroatoms. The second-order valence-corrected chi connectivity index (χ2v) is 7.48. The number of ether oxygens (including phenoxy) is 1. The van der Waals surface area contributed by atoms with E-state index in [0.29, 0.717) is 5.56 Å². The largest absolute Gasteiger partial charge is 0.477 e. The highest BCUT2D eigenvalue weighted by atomic mass is 16.6. The van der Waals surface area contributed by atoms with E-state index in [0.717, 1.165) is 16.7 Å². The fourth-order valence-electron chi connectivity index (χ4n) is 3.96. The lowest BCUT2D eigenvalue weighted by Crippen LogP contribution is -2.32. The third-order valence-electron chi connectivity index (χ3n) is 5.49. The van der Waals surface area contributed by atoms with Crippen molar-refractivity contribution >= 4 is 11.7 Å². The third kappa shape index (κ3) is 4.37. The molecule has 0 saturated carbocycles. The molecule has 4 aromatic rings. The predicted octanol–water partition coefficient (Wildman–Crippen LogP) is 5.80. The van der Waals surface area contributed by atoms with Crippen LogP contribution < -0.4 is 0 Å². The van der Waals surface area contributed by atoms with Crippen LogP contribution in [-0.4, -0.2) is 16.0 Å². The van der Waals surface area contributed by atoms with E-state index in [2.05, 4.69) is 0 Å². The molecule has 33 heavy (non-hydrogen) atoms. The summed E-state index contributed by atoms with van der Waals surface area (Å²) in [5.41, 5.74) is 1.40. The summed E-state index contributed by atoms with van der Waals surface area (Å²) in [5.74, 6) is -1.35. The van der Waals surface area contributed by atoms with Crippen molar-refractivity contribution in [3.8, 4) is 0 Å². The average Bonchev–Trinajstić information content (AvgIpc) is 2.86. The minimum Gasteiger partial charge on any atom is -0.477 e.